The Hall–Kier alpha value is -1.81. The summed E-state index contributed by atoms with van der Waals surface area (Å²) >= 11 is 0. The molecule has 0 aliphatic carbocycles. The van der Waals surface area contributed by atoms with Gasteiger partial charge in [-0.2, -0.15) is 0 Å². The third-order valence-corrected chi connectivity index (χ3v) is 2.57. The quantitative estimate of drug-likeness (QED) is 0.646. The third-order valence-electron chi connectivity index (χ3n) is 2.57. The van der Waals surface area contributed by atoms with Crippen LogP contribution in [0.15, 0.2) is 43.0 Å². The zero-order chi connectivity index (χ0) is 13.2. The van der Waals surface area contributed by atoms with Gasteiger partial charge in [0.05, 0.1) is 6.04 Å². The Morgan fingerprint density at radius 1 is 1.39 bits per heavy atom. The van der Waals surface area contributed by atoms with E-state index in [2.05, 4.69) is 17.2 Å². The first-order valence-electron chi connectivity index (χ1n) is 6.09. The fourth-order valence-electron chi connectivity index (χ4n) is 1.68. The van der Waals surface area contributed by atoms with Crippen LogP contribution in [0.2, 0.25) is 0 Å². The van der Waals surface area contributed by atoms with Crippen molar-refractivity contribution in [3.8, 4) is 0 Å². The first kappa shape index (κ1) is 14.3. The fraction of sp³-hybridized carbons (Fsp3) is 0.357. The number of rotatable bonds is 7. The lowest BCUT2D eigenvalue weighted by molar-refractivity contribution is 0.234. The van der Waals surface area contributed by atoms with Crippen LogP contribution in [-0.4, -0.2) is 24.3 Å². The van der Waals surface area contributed by atoms with E-state index in [9.17, 15) is 4.79 Å². The van der Waals surface area contributed by atoms with Gasteiger partial charge in [-0.15, -0.1) is 6.58 Å². The molecule has 0 saturated carbocycles. The van der Waals surface area contributed by atoms with Gasteiger partial charge in [0, 0.05) is 13.2 Å². The molecule has 0 aliphatic heterocycles. The molecule has 0 aromatic heterocycles. The Kier molecular flexibility index (Phi) is 6.58. The van der Waals surface area contributed by atoms with Crippen molar-refractivity contribution in [1.82, 2.24) is 10.6 Å². The Labute approximate surface area is 108 Å². The van der Waals surface area contributed by atoms with Crippen LogP contribution < -0.4 is 10.6 Å². The maximum Gasteiger partial charge on any atom is 0.315 e. The van der Waals surface area contributed by atoms with E-state index in [4.69, 9.17) is 5.11 Å². The Bertz CT molecular complexity index is 365. The normalized spacial score (nSPS) is 11.6. The van der Waals surface area contributed by atoms with Crippen LogP contribution in [0.1, 0.15) is 24.4 Å². The standard InChI is InChI=1S/C14H20N2O2/c1-2-10-15-14(18)16-13(9-6-11-17)12-7-4-3-5-8-12/h2-5,7-8,13,17H,1,6,9-11H2,(H2,15,16,18). The molecular formula is C14H20N2O2. The zero-order valence-corrected chi connectivity index (χ0v) is 10.4. The summed E-state index contributed by atoms with van der Waals surface area (Å²) in [5.74, 6) is 0. The molecule has 0 radical (unpaired) electrons. The number of amides is 2. The highest BCUT2D eigenvalue weighted by atomic mass is 16.3. The maximum atomic E-state index is 11.6. The lowest BCUT2D eigenvalue weighted by Gasteiger charge is -2.19. The highest BCUT2D eigenvalue weighted by Crippen LogP contribution is 2.17. The second-order valence-electron chi connectivity index (χ2n) is 3.97. The van der Waals surface area contributed by atoms with E-state index in [1.807, 2.05) is 30.3 Å². The van der Waals surface area contributed by atoms with Gasteiger partial charge in [0.15, 0.2) is 0 Å². The molecule has 1 rings (SSSR count). The van der Waals surface area contributed by atoms with Crippen molar-refractivity contribution in [2.24, 2.45) is 0 Å². The van der Waals surface area contributed by atoms with Crippen LogP contribution in [-0.2, 0) is 0 Å². The Morgan fingerprint density at radius 2 is 2.11 bits per heavy atom. The topological polar surface area (TPSA) is 61.4 Å². The summed E-state index contributed by atoms with van der Waals surface area (Å²) in [7, 11) is 0. The van der Waals surface area contributed by atoms with Crippen molar-refractivity contribution in [3.05, 3.63) is 48.6 Å². The van der Waals surface area contributed by atoms with Gasteiger partial charge in [-0.25, -0.2) is 4.79 Å². The van der Waals surface area contributed by atoms with Crippen molar-refractivity contribution in [2.45, 2.75) is 18.9 Å². The molecule has 4 nitrogen and oxygen atoms in total. The number of benzene rings is 1. The minimum absolute atomic E-state index is 0.0804. The van der Waals surface area contributed by atoms with Crippen molar-refractivity contribution in [2.75, 3.05) is 13.2 Å². The number of carbonyl (C=O) groups is 1. The van der Waals surface area contributed by atoms with Crippen LogP contribution in [0.4, 0.5) is 4.79 Å². The Balaban J connectivity index is 2.61. The number of hydrogen-bond donors (Lipinski definition) is 3. The molecule has 1 aromatic rings. The summed E-state index contributed by atoms with van der Waals surface area (Å²) in [5.41, 5.74) is 1.04. The minimum atomic E-state index is -0.221. The number of urea groups is 1. The van der Waals surface area contributed by atoms with Crippen molar-refractivity contribution in [1.29, 1.82) is 0 Å². The van der Waals surface area contributed by atoms with Crippen molar-refractivity contribution < 1.29 is 9.90 Å². The van der Waals surface area contributed by atoms with Gasteiger partial charge in [0.2, 0.25) is 0 Å². The molecule has 0 bridgehead atoms. The Morgan fingerprint density at radius 3 is 2.72 bits per heavy atom. The monoisotopic (exact) mass is 248 g/mol. The first-order valence-corrected chi connectivity index (χ1v) is 6.09. The predicted octanol–water partition coefficient (Wildman–Crippen LogP) is 1.99. The van der Waals surface area contributed by atoms with Crippen LogP contribution in [0, 0.1) is 0 Å². The number of aliphatic hydroxyl groups is 1. The molecular weight excluding hydrogens is 228 g/mol. The van der Waals surface area contributed by atoms with Gasteiger partial charge >= 0.3 is 6.03 Å². The number of aliphatic hydroxyl groups excluding tert-OH is 1. The summed E-state index contributed by atoms with van der Waals surface area (Å²) in [5, 5.41) is 14.5. The molecule has 0 spiro atoms. The van der Waals surface area contributed by atoms with E-state index in [-0.39, 0.29) is 18.7 Å². The highest BCUT2D eigenvalue weighted by molar-refractivity contribution is 5.74. The van der Waals surface area contributed by atoms with Gasteiger partial charge in [-0.3, -0.25) is 0 Å². The van der Waals surface area contributed by atoms with Crippen LogP contribution in [0.25, 0.3) is 0 Å². The van der Waals surface area contributed by atoms with Crippen molar-refractivity contribution >= 4 is 6.03 Å². The van der Waals surface area contributed by atoms with Gasteiger partial charge in [-0.05, 0) is 18.4 Å². The number of hydrogen-bond acceptors (Lipinski definition) is 2. The molecule has 0 aliphatic rings. The van der Waals surface area contributed by atoms with E-state index in [1.54, 1.807) is 6.08 Å². The molecule has 1 atom stereocenters. The van der Waals surface area contributed by atoms with E-state index < -0.39 is 0 Å². The predicted molar refractivity (Wildman–Crippen MR) is 72.2 cm³/mol. The van der Waals surface area contributed by atoms with Gasteiger partial charge < -0.3 is 15.7 Å². The molecule has 0 heterocycles. The van der Waals surface area contributed by atoms with Gasteiger partial charge in [0.1, 0.15) is 0 Å². The minimum Gasteiger partial charge on any atom is -0.396 e. The summed E-state index contributed by atoms with van der Waals surface area (Å²) in [6.07, 6.45) is 2.99. The average molecular weight is 248 g/mol. The summed E-state index contributed by atoms with van der Waals surface area (Å²) in [6, 6.07) is 9.44. The van der Waals surface area contributed by atoms with Crippen molar-refractivity contribution in [3.63, 3.8) is 0 Å². The third kappa shape index (κ3) is 5.01. The molecule has 18 heavy (non-hydrogen) atoms. The molecule has 0 fully saturated rings. The van der Waals surface area contributed by atoms with E-state index in [0.29, 0.717) is 19.4 Å². The lowest BCUT2D eigenvalue weighted by Crippen LogP contribution is -2.38. The second-order valence-corrected chi connectivity index (χ2v) is 3.97. The van der Waals surface area contributed by atoms with E-state index in [0.717, 1.165) is 5.56 Å². The van der Waals surface area contributed by atoms with Crippen LogP contribution >= 0.6 is 0 Å². The van der Waals surface area contributed by atoms with Gasteiger partial charge in [0.25, 0.3) is 0 Å². The zero-order valence-electron chi connectivity index (χ0n) is 10.4. The molecule has 2 amide bonds. The fourth-order valence-corrected chi connectivity index (χ4v) is 1.68. The smallest absolute Gasteiger partial charge is 0.315 e. The molecule has 0 saturated heterocycles. The molecule has 98 valence electrons. The SMILES string of the molecule is C=CCNC(=O)NC(CCCO)c1ccccc1. The van der Waals surface area contributed by atoms with E-state index >= 15 is 0 Å². The largest absolute Gasteiger partial charge is 0.396 e. The first-order chi connectivity index (χ1) is 8.77. The van der Waals surface area contributed by atoms with E-state index in [1.165, 1.54) is 0 Å². The van der Waals surface area contributed by atoms with Crippen LogP contribution in [0.5, 0.6) is 0 Å². The summed E-state index contributed by atoms with van der Waals surface area (Å²) in [4.78, 5) is 11.6. The average Bonchev–Trinajstić information content (AvgIpc) is 2.42. The highest BCUT2D eigenvalue weighted by Gasteiger charge is 2.13. The van der Waals surface area contributed by atoms with Crippen LogP contribution in [0.3, 0.4) is 0 Å². The number of nitrogens with one attached hydrogen (secondary N) is 2. The molecule has 3 N–H and O–H groups in total. The second kappa shape index (κ2) is 8.31. The van der Waals surface area contributed by atoms with Gasteiger partial charge in [-0.1, -0.05) is 36.4 Å². The summed E-state index contributed by atoms with van der Waals surface area (Å²) < 4.78 is 0. The number of carbonyl (C=O) groups excluding carboxylic acids is 1. The summed E-state index contributed by atoms with van der Waals surface area (Å²) in [6.45, 7) is 4.11. The lowest BCUT2D eigenvalue weighted by atomic mass is 10.0. The maximum absolute atomic E-state index is 11.6. The molecule has 4 heteroatoms. The molecule has 1 aromatic carbocycles. The molecule has 1 unspecified atom stereocenters.